The average molecular weight is 483 g/mol. The van der Waals surface area contributed by atoms with Crippen molar-refractivity contribution in [2.75, 3.05) is 24.4 Å². The van der Waals surface area contributed by atoms with Crippen LogP contribution in [0.3, 0.4) is 0 Å². The molecule has 3 aromatic rings. The number of anilines is 2. The first-order chi connectivity index (χ1) is 16.3. The highest BCUT2D eigenvalue weighted by molar-refractivity contribution is 6.30. The van der Waals surface area contributed by atoms with Gasteiger partial charge in [0.1, 0.15) is 11.5 Å². The summed E-state index contributed by atoms with van der Waals surface area (Å²) >= 11 is 5.90. The summed E-state index contributed by atoms with van der Waals surface area (Å²) in [7, 11) is 1.54. The second-order valence-electron chi connectivity index (χ2n) is 7.14. The SMILES string of the molecule is COc1cccc(NC(=O)COc2ccc(C(=O)OC(C)C(=O)Nc3cccc(Cl)c3)cc2)c1. The lowest BCUT2D eigenvalue weighted by Crippen LogP contribution is -2.30. The van der Waals surface area contributed by atoms with Gasteiger partial charge in [0.15, 0.2) is 12.7 Å². The number of nitrogens with one attached hydrogen (secondary N) is 2. The molecule has 0 aliphatic carbocycles. The summed E-state index contributed by atoms with van der Waals surface area (Å²) in [5.74, 6) is -0.494. The first-order valence-corrected chi connectivity index (χ1v) is 10.7. The topological polar surface area (TPSA) is 103 Å². The molecule has 0 aliphatic heterocycles. The Kier molecular flexibility index (Phi) is 8.48. The van der Waals surface area contributed by atoms with E-state index in [1.807, 2.05) is 0 Å². The van der Waals surface area contributed by atoms with E-state index in [9.17, 15) is 14.4 Å². The number of ether oxygens (including phenoxy) is 3. The van der Waals surface area contributed by atoms with Gasteiger partial charge in [0, 0.05) is 22.5 Å². The number of rotatable bonds is 9. The van der Waals surface area contributed by atoms with Gasteiger partial charge < -0.3 is 24.8 Å². The molecule has 1 atom stereocenters. The van der Waals surface area contributed by atoms with Crippen molar-refractivity contribution in [1.82, 2.24) is 0 Å². The van der Waals surface area contributed by atoms with Gasteiger partial charge in [-0.25, -0.2) is 4.79 Å². The van der Waals surface area contributed by atoms with Crippen molar-refractivity contribution in [2.24, 2.45) is 0 Å². The van der Waals surface area contributed by atoms with Crippen LogP contribution in [0.15, 0.2) is 72.8 Å². The second kappa shape index (κ2) is 11.7. The number of esters is 1. The van der Waals surface area contributed by atoms with E-state index in [2.05, 4.69) is 10.6 Å². The summed E-state index contributed by atoms with van der Waals surface area (Å²) < 4.78 is 15.8. The number of hydrogen-bond donors (Lipinski definition) is 2. The van der Waals surface area contributed by atoms with Gasteiger partial charge in [-0.1, -0.05) is 23.7 Å². The minimum atomic E-state index is -1.03. The lowest BCUT2D eigenvalue weighted by Gasteiger charge is -2.14. The molecule has 2 N–H and O–H groups in total. The molecule has 0 aromatic heterocycles. The van der Waals surface area contributed by atoms with Crippen LogP contribution in [-0.2, 0) is 14.3 Å². The first-order valence-electron chi connectivity index (χ1n) is 10.3. The summed E-state index contributed by atoms with van der Waals surface area (Å²) in [4.78, 5) is 36.7. The molecule has 0 aliphatic rings. The molecule has 0 fully saturated rings. The van der Waals surface area contributed by atoms with Crippen LogP contribution in [0.25, 0.3) is 0 Å². The molecule has 3 rings (SSSR count). The molecule has 3 aromatic carbocycles. The number of amides is 2. The minimum absolute atomic E-state index is 0.221. The normalized spacial score (nSPS) is 11.1. The van der Waals surface area contributed by atoms with Crippen LogP contribution < -0.4 is 20.1 Å². The number of benzene rings is 3. The Morgan fingerprint density at radius 2 is 1.56 bits per heavy atom. The Morgan fingerprint density at radius 1 is 0.882 bits per heavy atom. The third-order valence-corrected chi connectivity index (χ3v) is 4.79. The fraction of sp³-hybridized carbons (Fsp3) is 0.160. The highest BCUT2D eigenvalue weighted by Gasteiger charge is 2.19. The first kappa shape index (κ1) is 24.6. The van der Waals surface area contributed by atoms with Gasteiger partial charge in [-0.05, 0) is 61.5 Å². The van der Waals surface area contributed by atoms with Crippen molar-refractivity contribution in [3.05, 3.63) is 83.4 Å². The quantitative estimate of drug-likeness (QED) is 0.434. The fourth-order valence-electron chi connectivity index (χ4n) is 2.83. The standard InChI is InChI=1S/C25H23ClN2O6/c1-16(24(30)28-19-6-3-5-18(26)13-19)34-25(31)17-9-11-21(12-10-17)33-15-23(29)27-20-7-4-8-22(14-20)32-2/h3-14,16H,15H2,1-2H3,(H,27,29)(H,28,30). The maximum absolute atomic E-state index is 12.4. The molecule has 0 radical (unpaired) electrons. The molecule has 0 spiro atoms. The van der Waals surface area contributed by atoms with Crippen molar-refractivity contribution in [1.29, 1.82) is 0 Å². The fourth-order valence-corrected chi connectivity index (χ4v) is 3.02. The molecule has 0 saturated carbocycles. The van der Waals surface area contributed by atoms with Crippen LogP contribution in [0.1, 0.15) is 17.3 Å². The Labute approximate surface area is 201 Å². The highest BCUT2D eigenvalue weighted by atomic mass is 35.5. The van der Waals surface area contributed by atoms with E-state index in [4.69, 9.17) is 25.8 Å². The smallest absolute Gasteiger partial charge is 0.338 e. The summed E-state index contributed by atoms with van der Waals surface area (Å²) in [5.41, 5.74) is 1.31. The molecule has 8 nitrogen and oxygen atoms in total. The lowest BCUT2D eigenvalue weighted by atomic mass is 10.2. The number of halogens is 1. The van der Waals surface area contributed by atoms with Gasteiger partial charge in [-0.15, -0.1) is 0 Å². The lowest BCUT2D eigenvalue weighted by molar-refractivity contribution is -0.123. The zero-order valence-electron chi connectivity index (χ0n) is 18.5. The van der Waals surface area contributed by atoms with E-state index in [1.165, 1.54) is 31.2 Å². The van der Waals surface area contributed by atoms with Crippen LogP contribution >= 0.6 is 11.6 Å². The Balaban J connectivity index is 1.47. The number of carbonyl (C=O) groups is 3. The van der Waals surface area contributed by atoms with Gasteiger partial charge in [-0.3, -0.25) is 9.59 Å². The molecule has 2 amide bonds. The number of hydrogen-bond acceptors (Lipinski definition) is 6. The highest BCUT2D eigenvalue weighted by Crippen LogP contribution is 2.18. The Morgan fingerprint density at radius 3 is 2.24 bits per heavy atom. The maximum Gasteiger partial charge on any atom is 0.338 e. The van der Waals surface area contributed by atoms with E-state index in [1.54, 1.807) is 55.6 Å². The second-order valence-corrected chi connectivity index (χ2v) is 7.58. The summed E-state index contributed by atoms with van der Waals surface area (Å²) in [6.07, 6.45) is -1.03. The largest absolute Gasteiger partial charge is 0.497 e. The van der Waals surface area contributed by atoms with E-state index in [-0.39, 0.29) is 18.1 Å². The predicted molar refractivity (Wildman–Crippen MR) is 129 cm³/mol. The van der Waals surface area contributed by atoms with Crippen molar-refractivity contribution in [3.8, 4) is 11.5 Å². The number of methoxy groups -OCH3 is 1. The van der Waals surface area contributed by atoms with Crippen LogP contribution in [0.4, 0.5) is 11.4 Å². The maximum atomic E-state index is 12.4. The van der Waals surface area contributed by atoms with Crippen molar-refractivity contribution < 1.29 is 28.6 Å². The minimum Gasteiger partial charge on any atom is -0.497 e. The summed E-state index contributed by atoms with van der Waals surface area (Å²) in [6.45, 7) is 1.25. The van der Waals surface area contributed by atoms with E-state index in [0.29, 0.717) is 27.9 Å². The van der Waals surface area contributed by atoms with Crippen LogP contribution in [0.5, 0.6) is 11.5 Å². The van der Waals surface area contributed by atoms with Gasteiger partial charge in [0.05, 0.1) is 12.7 Å². The zero-order valence-corrected chi connectivity index (χ0v) is 19.3. The van der Waals surface area contributed by atoms with E-state index in [0.717, 1.165) is 0 Å². The summed E-state index contributed by atoms with van der Waals surface area (Å²) in [5, 5.41) is 5.81. The van der Waals surface area contributed by atoms with E-state index >= 15 is 0 Å². The van der Waals surface area contributed by atoms with Crippen LogP contribution in [-0.4, -0.2) is 37.6 Å². The van der Waals surface area contributed by atoms with Gasteiger partial charge in [0.25, 0.3) is 11.8 Å². The van der Waals surface area contributed by atoms with Gasteiger partial charge in [-0.2, -0.15) is 0 Å². The molecule has 0 saturated heterocycles. The Hall–Kier alpha value is -4.04. The molecule has 1 unspecified atom stereocenters. The number of carbonyl (C=O) groups excluding carboxylic acids is 3. The molecule has 176 valence electrons. The van der Waals surface area contributed by atoms with Crippen molar-refractivity contribution >= 4 is 40.8 Å². The molecular weight excluding hydrogens is 460 g/mol. The molecule has 34 heavy (non-hydrogen) atoms. The molecule has 0 heterocycles. The monoisotopic (exact) mass is 482 g/mol. The molecule has 0 bridgehead atoms. The third kappa shape index (κ3) is 7.25. The zero-order chi connectivity index (χ0) is 24.5. The van der Waals surface area contributed by atoms with Crippen molar-refractivity contribution in [3.63, 3.8) is 0 Å². The Bertz CT molecular complexity index is 1170. The molecule has 9 heteroatoms. The third-order valence-electron chi connectivity index (χ3n) is 4.56. The average Bonchev–Trinajstić information content (AvgIpc) is 2.83. The predicted octanol–water partition coefficient (Wildman–Crippen LogP) is 4.55. The van der Waals surface area contributed by atoms with E-state index < -0.39 is 18.0 Å². The summed E-state index contributed by atoms with van der Waals surface area (Å²) in [6, 6.07) is 19.6. The van der Waals surface area contributed by atoms with Crippen LogP contribution in [0.2, 0.25) is 5.02 Å². The van der Waals surface area contributed by atoms with Crippen molar-refractivity contribution in [2.45, 2.75) is 13.0 Å². The van der Waals surface area contributed by atoms with Gasteiger partial charge in [0.2, 0.25) is 0 Å². The van der Waals surface area contributed by atoms with Gasteiger partial charge >= 0.3 is 5.97 Å². The molecular formula is C25H23ClN2O6. The van der Waals surface area contributed by atoms with Crippen LogP contribution in [0, 0.1) is 0 Å².